The van der Waals surface area contributed by atoms with E-state index in [1.54, 1.807) is 12.1 Å². The summed E-state index contributed by atoms with van der Waals surface area (Å²) in [4.78, 5) is 23.8. The van der Waals surface area contributed by atoms with Gasteiger partial charge >= 0.3 is 6.18 Å². The van der Waals surface area contributed by atoms with Gasteiger partial charge in [0.2, 0.25) is 5.91 Å². The quantitative estimate of drug-likeness (QED) is 0.702. The van der Waals surface area contributed by atoms with Crippen molar-refractivity contribution in [3.05, 3.63) is 59.2 Å². The Labute approximate surface area is 166 Å². The fraction of sp³-hybridized carbons (Fsp3) is 0.300. The Morgan fingerprint density at radius 3 is 2.17 bits per heavy atom. The number of alkyl halides is 3. The van der Waals surface area contributed by atoms with Crippen LogP contribution in [0.3, 0.4) is 0 Å². The molecule has 9 heteroatoms. The van der Waals surface area contributed by atoms with Crippen LogP contribution in [0.1, 0.15) is 21.5 Å². The Morgan fingerprint density at radius 2 is 1.59 bits per heavy atom. The second-order valence-electron chi connectivity index (χ2n) is 6.05. The Kier molecular flexibility index (Phi) is 7.46. The molecule has 2 aromatic rings. The first-order chi connectivity index (χ1) is 13.7. The first-order valence-corrected chi connectivity index (χ1v) is 8.67. The summed E-state index contributed by atoms with van der Waals surface area (Å²) in [7, 11) is 3.07. The van der Waals surface area contributed by atoms with Crippen LogP contribution < -0.4 is 20.1 Å². The lowest BCUT2D eigenvalue weighted by Crippen LogP contribution is -2.37. The van der Waals surface area contributed by atoms with Gasteiger partial charge in [0.15, 0.2) is 11.5 Å². The standard InChI is InChI=1S/C20H21F3N2O4/c1-28-16-8-3-13(11-17(16)29-2)9-10-24-18(26)12-25-19(27)14-4-6-15(7-5-14)20(21,22)23/h3-8,11H,9-10,12H2,1-2H3,(H,24,26)(H,25,27). The molecule has 0 unspecified atom stereocenters. The van der Waals surface area contributed by atoms with Gasteiger partial charge in [-0.1, -0.05) is 6.07 Å². The number of carbonyl (C=O) groups excluding carboxylic acids is 2. The Hall–Kier alpha value is -3.23. The second kappa shape index (κ2) is 9.81. The third-order valence-electron chi connectivity index (χ3n) is 4.07. The molecule has 0 aromatic heterocycles. The van der Waals surface area contributed by atoms with Crippen molar-refractivity contribution in [2.75, 3.05) is 27.3 Å². The number of nitrogens with one attached hydrogen (secondary N) is 2. The average Bonchev–Trinajstić information content (AvgIpc) is 2.71. The molecule has 29 heavy (non-hydrogen) atoms. The number of methoxy groups -OCH3 is 2. The van der Waals surface area contributed by atoms with Gasteiger partial charge in [-0.15, -0.1) is 0 Å². The Bertz CT molecular complexity index is 852. The largest absolute Gasteiger partial charge is 0.493 e. The fourth-order valence-electron chi connectivity index (χ4n) is 2.52. The van der Waals surface area contributed by atoms with E-state index in [2.05, 4.69) is 10.6 Å². The zero-order valence-electron chi connectivity index (χ0n) is 15.9. The molecule has 2 N–H and O–H groups in total. The van der Waals surface area contributed by atoms with Crippen LogP contribution in [-0.4, -0.2) is 39.1 Å². The molecular weight excluding hydrogens is 389 g/mol. The molecule has 2 rings (SSSR count). The molecule has 0 saturated heterocycles. The van der Waals surface area contributed by atoms with Crippen LogP contribution in [0.25, 0.3) is 0 Å². The van der Waals surface area contributed by atoms with Crippen LogP contribution in [0.15, 0.2) is 42.5 Å². The van der Waals surface area contributed by atoms with Gasteiger partial charge in [0.05, 0.1) is 26.3 Å². The number of rotatable bonds is 8. The molecule has 0 aliphatic heterocycles. The highest BCUT2D eigenvalue weighted by molar-refractivity contribution is 5.96. The maximum absolute atomic E-state index is 12.5. The molecule has 0 radical (unpaired) electrons. The van der Waals surface area contributed by atoms with E-state index in [0.29, 0.717) is 24.5 Å². The SMILES string of the molecule is COc1ccc(CCNC(=O)CNC(=O)c2ccc(C(F)(F)F)cc2)cc1OC. The van der Waals surface area contributed by atoms with E-state index in [9.17, 15) is 22.8 Å². The summed E-state index contributed by atoms with van der Waals surface area (Å²) in [6, 6.07) is 9.17. The third kappa shape index (κ3) is 6.41. The highest BCUT2D eigenvalue weighted by Gasteiger charge is 2.30. The molecule has 6 nitrogen and oxygen atoms in total. The van der Waals surface area contributed by atoms with Crippen molar-refractivity contribution < 1.29 is 32.2 Å². The number of hydrogen-bond acceptors (Lipinski definition) is 4. The lowest BCUT2D eigenvalue weighted by Gasteiger charge is -2.10. The molecule has 0 aliphatic carbocycles. The molecule has 156 valence electrons. The first-order valence-electron chi connectivity index (χ1n) is 8.67. The molecule has 0 bridgehead atoms. The summed E-state index contributed by atoms with van der Waals surface area (Å²) in [6.07, 6.45) is -3.93. The van der Waals surface area contributed by atoms with Gasteiger partial charge in [-0.05, 0) is 48.4 Å². The van der Waals surface area contributed by atoms with Crippen molar-refractivity contribution in [1.82, 2.24) is 10.6 Å². The van der Waals surface area contributed by atoms with Gasteiger partial charge in [-0.3, -0.25) is 9.59 Å². The van der Waals surface area contributed by atoms with Crippen molar-refractivity contribution in [2.45, 2.75) is 12.6 Å². The number of ether oxygens (including phenoxy) is 2. The van der Waals surface area contributed by atoms with E-state index in [1.165, 1.54) is 14.2 Å². The molecule has 0 spiro atoms. The smallest absolute Gasteiger partial charge is 0.416 e. The summed E-state index contributed by atoms with van der Waals surface area (Å²) in [5, 5.41) is 5.03. The lowest BCUT2D eigenvalue weighted by molar-refractivity contribution is -0.137. The number of benzene rings is 2. The summed E-state index contributed by atoms with van der Waals surface area (Å²) in [5.41, 5.74) is 0.120. The first kappa shape index (κ1) is 22.1. The molecular formula is C20H21F3N2O4. The topological polar surface area (TPSA) is 76.7 Å². The second-order valence-corrected chi connectivity index (χ2v) is 6.05. The third-order valence-corrected chi connectivity index (χ3v) is 4.07. The zero-order valence-corrected chi connectivity index (χ0v) is 15.9. The highest BCUT2D eigenvalue weighted by atomic mass is 19.4. The van der Waals surface area contributed by atoms with Gasteiger partial charge in [0.1, 0.15) is 0 Å². The van der Waals surface area contributed by atoms with Crippen LogP contribution in [-0.2, 0) is 17.4 Å². The van der Waals surface area contributed by atoms with Gasteiger partial charge < -0.3 is 20.1 Å². The van der Waals surface area contributed by atoms with Crippen molar-refractivity contribution in [2.24, 2.45) is 0 Å². The van der Waals surface area contributed by atoms with E-state index < -0.39 is 23.6 Å². The van der Waals surface area contributed by atoms with Crippen molar-refractivity contribution in [3.8, 4) is 11.5 Å². The minimum absolute atomic E-state index is 0.0381. The van der Waals surface area contributed by atoms with Crippen molar-refractivity contribution >= 4 is 11.8 Å². The molecule has 2 amide bonds. The van der Waals surface area contributed by atoms with Crippen molar-refractivity contribution in [3.63, 3.8) is 0 Å². The van der Waals surface area contributed by atoms with Crippen LogP contribution in [0.5, 0.6) is 11.5 Å². The minimum atomic E-state index is -4.47. The average molecular weight is 410 g/mol. The Balaban J connectivity index is 1.77. The molecule has 0 atom stereocenters. The summed E-state index contributed by atoms with van der Waals surface area (Å²) in [5.74, 6) is 0.144. The van der Waals surface area contributed by atoms with Crippen LogP contribution in [0, 0.1) is 0 Å². The van der Waals surface area contributed by atoms with E-state index in [1.807, 2.05) is 6.07 Å². The number of carbonyl (C=O) groups is 2. The summed E-state index contributed by atoms with van der Waals surface area (Å²) in [6.45, 7) is 0.0518. The van der Waals surface area contributed by atoms with Crippen LogP contribution in [0.2, 0.25) is 0 Å². The monoisotopic (exact) mass is 410 g/mol. The predicted octanol–water partition coefficient (Wildman–Crippen LogP) is 2.81. The highest BCUT2D eigenvalue weighted by Crippen LogP contribution is 2.29. The Morgan fingerprint density at radius 1 is 0.931 bits per heavy atom. The van der Waals surface area contributed by atoms with Gasteiger partial charge in [-0.25, -0.2) is 0 Å². The van der Waals surface area contributed by atoms with Crippen LogP contribution in [0.4, 0.5) is 13.2 Å². The number of amides is 2. The lowest BCUT2D eigenvalue weighted by atomic mass is 10.1. The van der Waals surface area contributed by atoms with Crippen molar-refractivity contribution in [1.29, 1.82) is 0 Å². The number of halogens is 3. The van der Waals surface area contributed by atoms with Gasteiger partial charge in [0, 0.05) is 12.1 Å². The molecule has 0 heterocycles. The van der Waals surface area contributed by atoms with E-state index in [4.69, 9.17) is 9.47 Å². The number of hydrogen-bond donors (Lipinski definition) is 2. The predicted molar refractivity (Wildman–Crippen MR) is 100 cm³/mol. The molecule has 0 fully saturated rings. The van der Waals surface area contributed by atoms with E-state index in [-0.39, 0.29) is 12.1 Å². The minimum Gasteiger partial charge on any atom is -0.493 e. The van der Waals surface area contributed by atoms with E-state index >= 15 is 0 Å². The normalized spacial score (nSPS) is 10.9. The molecule has 2 aromatic carbocycles. The van der Waals surface area contributed by atoms with Gasteiger partial charge in [-0.2, -0.15) is 13.2 Å². The van der Waals surface area contributed by atoms with E-state index in [0.717, 1.165) is 29.8 Å². The maximum atomic E-state index is 12.5. The summed E-state index contributed by atoms with van der Waals surface area (Å²) >= 11 is 0. The zero-order chi connectivity index (χ0) is 21.4. The summed E-state index contributed by atoms with van der Waals surface area (Å²) < 4.78 is 48.0. The molecule has 0 saturated carbocycles. The molecule has 0 aliphatic rings. The van der Waals surface area contributed by atoms with Gasteiger partial charge in [0.25, 0.3) is 5.91 Å². The van der Waals surface area contributed by atoms with Crippen LogP contribution >= 0.6 is 0 Å². The fourth-order valence-corrected chi connectivity index (χ4v) is 2.52. The maximum Gasteiger partial charge on any atom is 0.416 e.